The lowest BCUT2D eigenvalue weighted by Crippen LogP contribution is -2.25. The van der Waals surface area contributed by atoms with Crippen LogP contribution < -0.4 is 5.32 Å². The molecule has 1 heterocycles. The Kier molecular flexibility index (Phi) is 6.46. The number of rotatable bonds is 3. The van der Waals surface area contributed by atoms with Gasteiger partial charge in [-0.1, -0.05) is 27.7 Å². The highest BCUT2D eigenvalue weighted by Crippen LogP contribution is 2.15. The molecule has 92 valence electrons. The number of amides is 1. The average Bonchev–Trinajstić information content (AvgIpc) is 2.62. The first-order valence-corrected chi connectivity index (χ1v) is 5.79. The van der Waals surface area contributed by atoms with Gasteiger partial charge in [-0.15, -0.1) is 0 Å². The first kappa shape index (κ1) is 14.7. The van der Waals surface area contributed by atoms with Crippen LogP contribution in [0.2, 0.25) is 0 Å². The van der Waals surface area contributed by atoms with Crippen molar-refractivity contribution < 1.29 is 4.79 Å². The third kappa shape index (κ3) is 4.04. The molecule has 0 aliphatic heterocycles. The van der Waals surface area contributed by atoms with E-state index in [1.165, 1.54) is 0 Å². The van der Waals surface area contributed by atoms with E-state index in [4.69, 9.17) is 0 Å². The third-order valence-electron chi connectivity index (χ3n) is 2.10. The second-order valence-corrected chi connectivity index (χ2v) is 3.70. The van der Waals surface area contributed by atoms with Crippen LogP contribution in [0.4, 0.5) is 0 Å². The van der Waals surface area contributed by atoms with Crippen LogP contribution in [0.1, 0.15) is 45.0 Å². The summed E-state index contributed by atoms with van der Waals surface area (Å²) in [7, 11) is 1.63. The third-order valence-corrected chi connectivity index (χ3v) is 2.10. The number of carbonyl (C=O) groups excluding carboxylic acids is 1. The van der Waals surface area contributed by atoms with Crippen LogP contribution in [0, 0.1) is 6.92 Å². The van der Waals surface area contributed by atoms with Crippen LogP contribution >= 0.6 is 0 Å². The molecule has 0 saturated heterocycles. The molecule has 1 aromatic heterocycles. The Morgan fingerprint density at radius 3 is 2.50 bits per heavy atom. The molecular weight excluding hydrogens is 202 g/mol. The fraction of sp³-hybridized carbons (Fsp3) is 0.667. The predicted octanol–water partition coefficient (Wildman–Crippen LogP) is 2.09. The molecular formula is C12H23N3O. The van der Waals surface area contributed by atoms with Crippen molar-refractivity contribution in [3.05, 3.63) is 17.5 Å². The quantitative estimate of drug-likeness (QED) is 0.856. The number of nitrogens with zero attached hydrogens (tertiary/aromatic N) is 2. The molecule has 0 atom stereocenters. The van der Waals surface area contributed by atoms with Gasteiger partial charge in [0, 0.05) is 12.7 Å². The Labute approximate surface area is 98.0 Å². The summed E-state index contributed by atoms with van der Waals surface area (Å²) >= 11 is 0. The maximum Gasteiger partial charge on any atom is 0.241 e. The second-order valence-electron chi connectivity index (χ2n) is 3.70. The number of likely N-dealkylation sites (N-methyl/N-ethyl adjacent to an activating group) is 1. The summed E-state index contributed by atoms with van der Waals surface area (Å²) in [4.78, 5) is 11.2. The van der Waals surface area contributed by atoms with Gasteiger partial charge in [-0.25, -0.2) is 0 Å². The molecule has 0 spiro atoms. The van der Waals surface area contributed by atoms with Gasteiger partial charge in [0.25, 0.3) is 0 Å². The van der Waals surface area contributed by atoms with E-state index in [0.717, 1.165) is 11.4 Å². The summed E-state index contributed by atoms with van der Waals surface area (Å²) in [5.74, 6) is 0.371. The van der Waals surface area contributed by atoms with Crippen molar-refractivity contribution in [1.82, 2.24) is 15.1 Å². The lowest BCUT2D eigenvalue weighted by molar-refractivity contribution is -0.121. The second kappa shape index (κ2) is 7.04. The lowest BCUT2D eigenvalue weighted by Gasteiger charge is -2.08. The largest absolute Gasteiger partial charge is 0.358 e. The number of aromatic nitrogens is 2. The molecule has 0 aliphatic carbocycles. The molecule has 1 aromatic rings. The van der Waals surface area contributed by atoms with Crippen molar-refractivity contribution in [2.75, 3.05) is 7.05 Å². The Hall–Kier alpha value is -1.32. The summed E-state index contributed by atoms with van der Waals surface area (Å²) in [6.07, 6.45) is 0. The highest BCUT2D eigenvalue weighted by atomic mass is 16.1. The maximum absolute atomic E-state index is 11.2. The summed E-state index contributed by atoms with van der Waals surface area (Å²) in [5.41, 5.74) is 2.06. The van der Waals surface area contributed by atoms with Gasteiger partial charge in [0.2, 0.25) is 5.91 Å². The zero-order valence-electron chi connectivity index (χ0n) is 11.2. The van der Waals surface area contributed by atoms with Crippen LogP contribution in [0.15, 0.2) is 6.07 Å². The number of aryl methyl sites for hydroxylation is 1. The Bertz CT molecular complexity index is 329. The van der Waals surface area contributed by atoms with Crippen LogP contribution in [-0.4, -0.2) is 22.7 Å². The fourth-order valence-electron chi connectivity index (χ4n) is 1.37. The number of nitrogens with one attached hydrogen (secondary N) is 1. The highest BCUT2D eigenvalue weighted by molar-refractivity contribution is 5.75. The normalized spacial score (nSPS) is 9.69. The van der Waals surface area contributed by atoms with Gasteiger partial charge < -0.3 is 5.32 Å². The minimum atomic E-state index is -0.0185. The van der Waals surface area contributed by atoms with Gasteiger partial charge in [-0.3, -0.25) is 9.48 Å². The monoisotopic (exact) mass is 225 g/mol. The van der Waals surface area contributed by atoms with Crippen molar-refractivity contribution in [3.63, 3.8) is 0 Å². The Balaban J connectivity index is 0.00000106. The molecule has 4 nitrogen and oxygen atoms in total. The van der Waals surface area contributed by atoms with E-state index < -0.39 is 0 Å². The van der Waals surface area contributed by atoms with E-state index in [1.54, 1.807) is 11.7 Å². The van der Waals surface area contributed by atoms with Crippen LogP contribution in [0.25, 0.3) is 0 Å². The molecule has 1 rings (SSSR count). The first-order chi connectivity index (χ1) is 7.54. The van der Waals surface area contributed by atoms with Crippen molar-refractivity contribution in [3.8, 4) is 0 Å². The minimum Gasteiger partial charge on any atom is -0.358 e. The molecule has 0 radical (unpaired) electrons. The van der Waals surface area contributed by atoms with Gasteiger partial charge in [-0.05, 0) is 18.9 Å². The standard InChI is InChI=1S/C10H17N3O.C2H6/c1-7(2)9-5-8(3)12-13(9)6-10(14)11-4;1-2/h5,7H,6H2,1-4H3,(H,11,14);1-2H3. The number of hydrogen-bond acceptors (Lipinski definition) is 2. The number of carbonyl (C=O) groups is 1. The molecule has 1 N–H and O–H groups in total. The Morgan fingerprint density at radius 1 is 1.50 bits per heavy atom. The topological polar surface area (TPSA) is 46.9 Å². The molecule has 0 aliphatic rings. The summed E-state index contributed by atoms with van der Waals surface area (Å²) in [5, 5.41) is 6.86. The first-order valence-electron chi connectivity index (χ1n) is 5.79. The van der Waals surface area contributed by atoms with E-state index in [9.17, 15) is 4.79 Å². The molecule has 0 aromatic carbocycles. The van der Waals surface area contributed by atoms with Gasteiger partial charge in [0.15, 0.2) is 0 Å². The summed E-state index contributed by atoms with van der Waals surface area (Å²) < 4.78 is 1.76. The van der Waals surface area contributed by atoms with Crippen molar-refractivity contribution in [2.45, 2.75) is 47.1 Å². The van der Waals surface area contributed by atoms with Gasteiger partial charge in [0.05, 0.1) is 5.69 Å². The zero-order chi connectivity index (χ0) is 12.7. The highest BCUT2D eigenvalue weighted by Gasteiger charge is 2.11. The molecule has 0 unspecified atom stereocenters. The average molecular weight is 225 g/mol. The van der Waals surface area contributed by atoms with E-state index in [0.29, 0.717) is 12.5 Å². The van der Waals surface area contributed by atoms with Gasteiger partial charge in [0.1, 0.15) is 6.54 Å². The predicted molar refractivity (Wildman–Crippen MR) is 66.5 cm³/mol. The Morgan fingerprint density at radius 2 is 2.06 bits per heavy atom. The minimum absolute atomic E-state index is 0.0185. The van der Waals surface area contributed by atoms with Crippen molar-refractivity contribution in [2.24, 2.45) is 0 Å². The van der Waals surface area contributed by atoms with Crippen molar-refractivity contribution >= 4 is 5.91 Å². The molecule has 0 saturated carbocycles. The van der Waals surface area contributed by atoms with E-state index in [2.05, 4.69) is 24.3 Å². The molecule has 0 fully saturated rings. The van der Waals surface area contributed by atoms with E-state index in [1.807, 2.05) is 26.8 Å². The van der Waals surface area contributed by atoms with Crippen molar-refractivity contribution in [1.29, 1.82) is 0 Å². The van der Waals surface area contributed by atoms with E-state index in [-0.39, 0.29) is 5.91 Å². The van der Waals surface area contributed by atoms with Crippen LogP contribution in [-0.2, 0) is 11.3 Å². The molecule has 1 amide bonds. The van der Waals surface area contributed by atoms with Crippen LogP contribution in [0.3, 0.4) is 0 Å². The summed E-state index contributed by atoms with van der Waals surface area (Å²) in [6.45, 7) is 10.4. The molecule has 0 bridgehead atoms. The van der Waals surface area contributed by atoms with Gasteiger partial charge >= 0.3 is 0 Å². The fourth-order valence-corrected chi connectivity index (χ4v) is 1.37. The zero-order valence-corrected chi connectivity index (χ0v) is 11.2. The SMILES string of the molecule is CC.CNC(=O)Cn1nc(C)cc1C(C)C. The molecule has 4 heteroatoms. The summed E-state index contributed by atoms with van der Waals surface area (Å²) in [6, 6.07) is 2.02. The lowest BCUT2D eigenvalue weighted by atomic mass is 10.1. The van der Waals surface area contributed by atoms with Gasteiger partial charge in [-0.2, -0.15) is 5.10 Å². The van der Waals surface area contributed by atoms with E-state index >= 15 is 0 Å². The number of hydrogen-bond donors (Lipinski definition) is 1. The van der Waals surface area contributed by atoms with Crippen LogP contribution in [0.5, 0.6) is 0 Å². The maximum atomic E-state index is 11.2. The molecule has 16 heavy (non-hydrogen) atoms. The smallest absolute Gasteiger partial charge is 0.241 e.